The van der Waals surface area contributed by atoms with E-state index in [1.165, 1.54) is 10.4 Å². The zero-order valence-electron chi connectivity index (χ0n) is 22.6. The van der Waals surface area contributed by atoms with Crippen LogP contribution in [0.25, 0.3) is 0 Å². The van der Waals surface area contributed by atoms with Crippen LogP contribution in [-0.4, -0.2) is 31.1 Å². The van der Waals surface area contributed by atoms with Gasteiger partial charge in [-0.05, 0) is 39.7 Å². The SMILES string of the molecule is CC(C)(C)[Si](OCC1CC(Sc2ccccc2)(Sc2ccccc2)C(=O)O1)(c1ccccc1)c1ccccc1. The molecule has 1 saturated heterocycles. The minimum absolute atomic E-state index is 0.146. The Bertz CT molecular complexity index is 1280. The molecule has 1 aliphatic heterocycles. The van der Waals surface area contributed by atoms with Crippen LogP contribution in [0.1, 0.15) is 27.2 Å². The summed E-state index contributed by atoms with van der Waals surface area (Å²) in [4.78, 5) is 15.8. The van der Waals surface area contributed by atoms with Crippen molar-refractivity contribution in [3.63, 3.8) is 0 Å². The maximum absolute atomic E-state index is 13.7. The van der Waals surface area contributed by atoms with Crippen molar-refractivity contribution in [2.75, 3.05) is 6.61 Å². The Morgan fingerprint density at radius 2 is 1.15 bits per heavy atom. The first kappa shape index (κ1) is 27.8. The van der Waals surface area contributed by atoms with Gasteiger partial charge in [0.1, 0.15) is 6.10 Å². The van der Waals surface area contributed by atoms with Gasteiger partial charge in [-0.15, -0.1) is 0 Å². The van der Waals surface area contributed by atoms with Gasteiger partial charge in [-0.1, -0.05) is 141 Å². The van der Waals surface area contributed by atoms with E-state index in [1.54, 1.807) is 23.5 Å². The Labute approximate surface area is 241 Å². The quantitative estimate of drug-likeness (QED) is 0.121. The maximum atomic E-state index is 13.7. The summed E-state index contributed by atoms with van der Waals surface area (Å²) < 4.78 is 12.5. The lowest BCUT2D eigenvalue weighted by Crippen LogP contribution is -2.67. The zero-order valence-corrected chi connectivity index (χ0v) is 25.2. The summed E-state index contributed by atoms with van der Waals surface area (Å²) in [7, 11) is -2.74. The third-order valence-corrected chi connectivity index (χ3v) is 14.9. The fourth-order valence-corrected chi connectivity index (χ4v) is 12.8. The second-order valence-electron chi connectivity index (χ2n) is 10.8. The highest BCUT2D eigenvalue weighted by atomic mass is 32.2. The topological polar surface area (TPSA) is 35.5 Å². The summed E-state index contributed by atoms with van der Waals surface area (Å²) in [5.74, 6) is -0.193. The highest BCUT2D eigenvalue weighted by Crippen LogP contribution is 2.53. The summed E-state index contributed by atoms with van der Waals surface area (Å²) in [5.41, 5.74) is 0. The van der Waals surface area contributed by atoms with Gasteiger partial charge in [0.25, 0.3) is 8.32 Å². The van der Waals surface area contributed by atoms with Crippen LogP contribution < -0.4 is 10.4 Å². The number of rotatable bonds is 9. The zero-order chi connectivity index (χ0) is 27.3. The van der Waals surface area contributed by atoms with Crippen molar-refractivity contribution in [3.05, 3.63) is 121 Å². The van der Waals surface area contributed by atoms with Gasteiger partial charge in [0.15, 0.2) is 4.08 Å². The predicted molar refractivity (Wildman–Crippen MR) is 165 cm³/mol. The molecule has 0 spiro atoms. The van der Waals surface area contributed by atoms with E-state index in [2.05, 4.69) is 93.6 Å². The summed E-state index contributed by atoms with van der Waals surface area (Å²) in [5, 5.41) is 2.29. The van der Waals surface area contributed by atoms with Crippen molar-refractivity contribution in [2.45, 2.75) is 52.2 Å². The van der Waals surface area contributed by atoms with E-state index in [1.807, 2.05) is 48.5 Å². The molecular weight excluding hydrogens is 537 g/mol. The molecule has 200 valence electrons. The van der Waals surface area contributed by atoms with Crippen LogP contribution in [0, 0.1) is 0 Å². The van der Waals surface area contributed by atoms with E-state index in [0.29, 0.717) is 13.0 Å². The molecule has 39 heavy (non-hydrogen) atoms. The van der Waals surface area contributed by atoms with Gasteiger partial charge in [0.2, 0.25) is 0 Å². The Morgan fingerprint density at radius 3 is 1.56 bits per heavy atom. The van der Waals surface area contributed by atoms with Gasteiger partial charge in [-0.25, -0.2) is 4.79 Å². The molecule has 1 fully saturated rings. The number of cyclic esters (lactones) is 1. The molecule has 0 N–H and O–H groups in total. The first-order valence-electron chi connectivity index (χ1n) is 13.3. The van der Waals surface area contributed by atoms with Crippen molar-refractivity contribution >= 4 is 48.2 Å². The van der Waals surface area contributed by atoms with E-state index in [0.717, 1.165) is 9.79 Å². The largest absolute Gasteiger partial charge is 0.458 e. The molecule has 4 aromatic rings. The Hall–Kier alpha value is -2.77. The molecule has 1 unspecified atom stereocenters. The lowest BCUT2D eigenvalue weighted by Gasteiger charge is -2.43. The number of hydrogen-bond acceptors (Lipinski definition) is 5. The minimum atomic E-state index is -2.74. The third-order valence-electron chi connectivity index (χ3n) is 7.04. The summed E-state index contributed by atoms with van der Waals surface area (Å²) >= 11 is 3.16. The minimum Gasteiger partial charge on any atom is -0.458 e. The average molecular weight is 571 g/mol. The van der Waals surface area contributed by atoms with Crippen LogP contribution in [0.4, 0.5) is 0 Å². The lowest BCUT2D eigenvalue weighted by molar-refractivity contribution is -0.142. The third kappa shape index (κ3) is 5.89. The number of hydrogen-bond donors (Lipinski definition) is 0. The molecule has 0 aliphatic carbocycles. The van der Waals surface area contributed by atoms with Crippen molar-refractivity contribution in [2.24, 2.45) is 0 Å². The number of benzene rings is 4. The van der Waals surface area contributed by atoms with Gasteiger partial charge in [-0.3, -0.25) is 0 Å². The van der Waals surface area contributed by atoms with Crippen LogP contribution in [0.5, 0.6) is 0 Å². The van der Waals surface area contributed by atoms with E-state index in [4.69, 9.17) is 9.16 Å². The molecule has 1 heterocycles. The van der Waals surface area contributed by atoms with Crippen LogP contribution in [0.15, 0.2) is 131 Å². The first-order valence-corrected chi connectivity index (χ1v) is 16.8. The molecule has 1 aliphatic rings. The molecule has 0 saturated carbocycles. The molecule has 1 atom stereocenters. The number of carbonyl (C=O) groups excluding carboxylic acids is 1. The van der Waals surface area contributed by atoms with Crippen molar-refractivity contribution in [1.29, 1.82) is 0 Å². The first-order chi connectivity index (χ1) is 18.8. The molecule has 5 rings (SSSR count). The van der Waals surface area contributed by atoms with Gasteiger partial charge in [0.05, 0.1) is 6.61 Å². The fraction of sp³-hybridized carbons (Fsp3) is 0.242. The monoisotopic (exact) mass is 570 g/mol. The molecule has 6 heteroatoms. The van der Waals surface area contributed by atoms with Gasteiger partial charge in [-0.2, -0.15) is 0 Å². The number of esters is 1. The van der Waals surface area contributed by atoms with Gasteiger partial charge >= 0.3 is 5.97 Å². The van der Waals surface area contributed by atoms with Crippen molar-refractivity contribution < 1.29 is 14.0 Å². The number of ether oxygens (including phenoxy) is 1. The molecular formula is C33H34O3S2Si. The van der Waals surface area contributed by atoms with E-state index in [-0.39, 0.29) is 17.1 Å². The van der Waals surface area contributed by atoms with Crippen LogP contribution in [0.3, 0.4) is 0 Å². The Balaban J connectivity index is 1.47. The normalized spacial score (nSPS) is 17.1. The smallest absolute Gasteiger partial charge is 0.333 e. The Kier molecular flexibility index (Phi) is 8.38. The van der Waals surface area contributed by atoms with E-state index < -0.39 is 12.4 Å². The number of thioether (sulfide) groups is 2. The van der Waals surface area contributed by atoms with E-state index in [9.17, 15) is 4.79 Å². The van der Waals surface area contributed by atoms with E-state index >= 15 is 0 Å². The van der Waals surface area contributed by atoms with Gasteiger partial charge < -0.3 is 9.16 Å². The molecule has 0 aromatic heterocycles. The molecule has 3 nitrogen and oxygen atoms in total. The van der Waals surface area contributed by atoms with Gasteiger partial charge in [0, 0.05) is 16.2 Å². The molecule has 0 radical (unpaired) electrons. The second kappa shape index (κ2) is 11.8. The highest BCUT2D eigenvalue weighted by Gasteiger charge is 2.54. The molecule has 0 amide bonds. The summed E-state index contributed by atoms with van der Waals surface area (Å²) in [6.45, 7) is 7.15. The summed E-state index contributed by atoms with van der Waals surface area (Å²) in [6.07, 6.45) is 0.218. The maximum Gasteiger partial charge on any atom is 0.333 e. The highest BCUT2D eigenvalue weighted by molar-refractivity contribution is 8.19. The van der Waals surface area contributed by atoms with Crippen LogP contribution in [-0.2, 0) is 14.0 Å². The average Bonchev–Trinajstić information content (AvgIpc) is 3.24. The second-order valence-corrected chi connectivity index (χ2v) is 18.1. The van der Waals surface area contributed by atoms with Crippen LogP contribution >= 0.6 is 23.5 Å². The predicted octanol–water partition coefficient (Wildman–Crippen LogP) is 7.16. The Morgan fingerprint density at radius 1 is 0.744 bits per heavy atom. The molecule has 4 aromatic carbocycles. The van der Waals surface area contributed by atoms with Crippen molar-refractivity contribution in [3.8, 4) is 0 Å². The standard InChI is InChI=1S/C33H34O3S2Si/c1-32(2,3)39(29-20-12-6-13-21-29,30-22-14-7-15-23-30)35-25-26-24-33(31(34)36-26,37-27-16-8-4-9-17-27)38-28-18-10-5-11-19-28/h4-23,26H,24-25H2,1-3H3. The fourth-order valence-electron chi connectivity index (χ4n) is 5.28. The van der Waals surface area contributed by atoms with Crippen LogP contribution in [0.2, 0.25) is 5.04 Å². The lowest BCUT2D eigenvalue weighted by atomic mass is 10.2. The summed E-state index contributed by atoms with van der Waals surface area (Å²) in [6, 6.07) is 41.4. The molecule has 0 bridgehead atoms. The van der Waals surface area contributed by atoms with Crippen molar-refractivity contribution in [1.82, 2.24) is 0 Å². The number of carbonyl (C=O) groups is 1.